The number of furan rings is 1. The Balaban J connectivity index is 2.26. The highest BCUT2D eigenvalue weighted by molar-refractivity contribution is 6.05. The van der Waals surface area contributed by atoms with Gasteiger partial charge in [-0.1, -0.05) is 39.0 Å². The maximum absolute atomic E-state index is 12.9. The van der Waals surface area contributed by atoms with Crippen LogP contribution in [0.1, 0.15) is 54.8 Å². The minimum Gasteiger partial charge on any atom is -0.459 e. The first-order valence-electron chi connectivity index (χ1n) is 7.75. The average molecular weight is 339 g/mol. The van der Waals surface area contributed by atoms with Crippen LogP contribution in [-0.4, -0.2) is 5.91 Å². The van der Waals surface area contributed by atoms with Crippen molar-refractivity contribution in [1.82, 2.24) is 0 Å². The standard InChI is InChI=1S/C18H20F3NO2/c1-11(2)10-12(3)13-6-4-5-7-15(13)22-17(23)14-8-9-24-16(14)18(19,20)21/h4-9,11-12H,10H2,1-3H3,(H,22,23). The summed E-state index contributed by atoms with van der Waals surface area (Å²) < 4.78 is 43.0. The molecule has 0 fully saturated rings. The molecule has 6 heteroatoms. The quantitative estimate of drug-likeness (QED) is 0.759. The Morgan fingerprint density at radius 2 is 1.83 bits per heavy atom. The predicted octanol–water partition coefficient (Wildman–Crippen LogP) is 5.70. The zero-order valence-electron chi connectivity index (χ0n) is 13.8. The van der Waals surface area contributed by atoms with Gasteiger partial charge in [0, 0.05) is 5.69 Å². The summed E-state index contributed by atoms with van der Waals surface area (Å²) in [6.07, 6.45) is -2.93. The van der Waals surface area contributed by atoms with Crippen LogP contribution in [-0.2, 0) is 6.18 Å². The molecule has 0 aliphatic rings. The molecule has 1 amide bonds. The van der Waals surface area contributed by atoms with Crippen LogP contribution < -0.4 is 5.32 Å². The molecule has 1 unspecified atom stereocenters. The number of alkyl halides is 3. The van der Waals surface area contributed by atoms with E-state index in [-0.39, 0.29) is 5.92 Å². The monoisotopic (exact) mass is 339 g/mol. The molecule has 130 valence electrons. The van der Waals surface area contributed by atoms with Gasteiger partial charge in [0.15, 0.2) is 0 Å². The molecular formula is C18H20F3NO2. The lowest BCUT2D eigenvalue weighted by molar-refractivity contribution is -0.153. The van der Waals surface area contributed by atoms with Gasteiger partial charge in [0.05, 0.1) is 11.8 Å². The van der Waals surface area contributed by atoms with Crippen LogP contribution in [0.5, 0.6) is 0 Å². The average Bonchev–Trinajstić information content (AvgIpc) is 2.96. The van der Waals surface area contributed by atoms with Gasteiger partial charge >= 0.3 is 6.18 Å². The van der Waals surface area contributed by atoms with Crippen molar-refractivity contribution >= 4 is 11.6 Å². The van der Waals surface area contributed by atoms with Gasteiger partial charge < -0.3 is 9.73 Å². The summed E-state index contributed by atoms with van der Waals surface area (Å²) in [6.45, 7) is 6.22. The van der Waals surface area contributed by atoms with E-state index < -0.39 is 23.4 Å². The van der Waals surface area contributed by atoms with Crippen molar-refractivity contribution in [3.63, 3.8) is 0 Å². The highest BCUT2D eigenvalue weighted by atomic mass is 19.4. The molecule has 0 spiro atoms. The van der Waals surface area contributed by atoms with Crippen LogP contribution in [0.25, 0.3) is 0 Å². The molecule has 1 heterocycles. The molecular weight excluding hydrogens is 319 g/mol. The summed E-state index contributed by atoms with van der Waals surface area (Å²) in [5.74, 6) is -1.48. The van der Waals surface area contributed by atoms with Crippen molar-refractivity contribution in [2.75, 3.05) is 5.32 Å². The number of amides is 1. The number of carbonyl (C=O) groups excluding carboxylic acids is 1. The Kier molecular flexibility index (Phi) is 5.36. The van der Waals surface area contributed by atoms with Crippen LogP contribution in [0.3, 0.4) is 0 Å². The van der Waals surface area contributed by atoms with E-state index >= 15 is 0 Å². The number of hydrogen-bond acceptors (Lipinski definition) is 2. The molecule has 0 saturated carbocycles. The molecule has 1 atom stereocenters. The number of carbonyl (C=O) groups is 1. The van der Waals surface area contributed by atoms with Gasteiger partial charge in [-0.2, -0.15) is 13.2 Å². The number of benzene rings is 1. The van der Waals surface area contributed by atoms with E-state index in [1.165, 1.54) is 0 Å². The fraction of sp³-hybridized carbons (Fsp3) is 0.389. The summed E-state index contributed by atoms with van der Waals surface area (Å²) in [5.41, 5.74) is 0.899. The van der Waals surface area contributed by atoms with Gasteiger partial charge in [-0.15, -0.1) is 0 Å². The van der Waals surface area contributed by atoms with Crippen molar-refractivity contribution in [3.05, 3.63) is 53.5 Å². The van der Waals surface area contributed by atoms with Crippen molar-refractivity contribution < 1.29 is 22.4 Å². The molecule has 0 aliphatic heterocycles. The van der Waals surface area contributed by atoms with Crippen molar-refractivity contribution in [3.8, 4) is 0 Å². The summed E-state index contributed by atoms with van der Waals surface area (Å²) >= 11 is 0. The molecule has 3 nitrogen and oxygen atoms in total. The third-order valence-electron chi connectivity index (χ3n) is 3.73. The van der Waals surface area contributed by atoms with Gasteiger partial charge in [-0.25, -0.2) is 0 Å². The first kappa shape index (κ1) is 18.1. The van der Waals surface area contributed by atoms with Crippen LogP contribution in [0.2, 0.25) is 0 Å². The smallest absolute Gasteiger partial charge is 0.450 e. The van der Waals surface area contributed by atoms with Crippen LogP contribution in [0.4, 0.5) is 18.9 Å². The molecule has 0 bridgehead atoms. The summed E-state index contributed by atoms with van der Waals surface area (Å²) in [7, 11) is 0. The highest BCUT2D eigenvalue weighted by Gasteiger charge is 2.39. The van der Waals surface area contributed by atoms with Gasteiger partial charge in [0.2, 0.25) is 5.76 Å². The normalized spacial score (nSPS) is 13.1. The molecule has 1 N–H and O–H groups in total. The van der Waals surface area contributed by atoms with E-state index in [0.717, 1.165) is 24.3 Å². The molecule has 2 aromatic rings. The van der Waals surface area contributed by atoms with E-state index in [2.05, 4.69) is 23.6 Å². The predicted molar refractivity (Wildman–Crippen MR) is 86.0 cm³/mol. The first-order valence-corrected chi connectivity index (χ1v) is 7.75. The van der Waals surface area contributed by atoms with E-state index in [4.69, 9.17) is 0 Å². The van der Waals surface area contributed by atoms with Crippen molar-refractivity contribution in [2.45, 2.75) is 39.3 Å². The van der Waals surface area contributed by atoms with Gasteiger partial charge in [-0.05, 0) is 36.0 Å². The summed E-state index contributed by atoms with van der Waals surface area (Å²) in [4.78, 5) is 12.3. The summed E-state index contributed by atoms with van der Waals surface area (Å²) in [5, 5.41) is 2.58. The number of anilines is 1. The van der Waals surface area contributed by atoms with Crippen molar-refractivity contribution in [2.24, 2.45) is 5.92 Å². The Morgan fingerprint density at radius 1 is 1.17 bits per heavy atom. The SMILES string of the molecule is CC(C)CC(C)c1ccccc1NC(=O)c1ccoc1C(F)(F)F. The molecule has 1 aromatic heterocycles. The third kappa shape index (κ3) is 4.19. The maximum Gasteiger partial charge on any atom is 0.450 e. The zero-order valence-corrected chi connectivity index (χ0v) is 13.8. The molecule has 0 saturated heterocycles. The second-order valence-electron chi connectivity index (χ2n) is 6.23. The molecule has 0 aliphatic carbocycles. The minimum atomic E-state index is -4.71. The van der Waals surface area contributed by atoms with Crippen molar-refractivity contribution in [1.29, 1.82) is 0 Å². The fourth-order valence-electron chi connectivity index (χ4n) is 2.77. The lowest BCUT2D eigenvalue weighted by Crippen LogP contribution is -2.18. The van der Waals surface area contributed by atoms with Crippen LogP contribution >= 0.6 is 0 Å². The highest BCUT2D eigenvalue weighted by Crippen LogP contribution is 2.34. The summed E-state index contributed by atoms with van der Waals surface area (Å²) in [6, 6.07) is 8.18. The topological polar surface area (TPSA) is 42.2 Å². The largest absolute Gasteiger partial charge is 0.459 e. The number of para-hydroxylation sites is 1. The second kappa shape index (κ2) is 7.11. The Hall–Kier alpha value is -2.24. The molecule has 24 heavy (non-hydrogen) atoms. The van der Waals surface area contributed by atoms with E-state index in [1.807, 2.05) is 19.1 Å². The third-order valence-corrected chi connectivity index (χ3v) is 3.73. The lowest BCUT2D eigenvalue weighted by atomic mass is 9.91. The molecule has 0 radical (unpaired) electrons. The zero-order chi connectivity index (χ0) is 17.9. The van der Waals surface area contributed by atoms with E-state index in [1.54, 1.807) is 12.1 Å². The van der Waals surface area contributed by atoms with E-state index in [0.29, 0.717) is 11.6 Å². The molecule has 2 rings (SSSR count). The fourth-order valence-corrected chi connectivity index (χ4v) is 2.77. The molecule has 1 aromatic carbocycles. The number of halogens is 3. The minimum absolute atomic E-state index is 0.174. The second-order valence-corrected chi connectivity index (χ2v) is 6.23. The van der Waals surface area contributed by atoms with Gasteiger partial charge in [0.1, 0.15) is 0 Å². The van der Waals surface area contributed by atoms with E-state index in [9.17, 15) is 18.0 Å². The lowest BCUT2D eigenvalue weighted by Gasteiger charge is -2.18. The first-order chi connectivity index (χ1) is 11.2. The maximum atomic E-state index is 12.9. The van der Waals surface area contributed by atoms with Crippen LogP contribution in [0, 0.1) is 5.92 Å². The Labute approximate surface area is 138 Å². The van der Waals surface area contributed by atoms with Gasteiger partial charge in [-0.3, -0.25) is 4.79 Å². The Bertz CT molecular complexity index is 704. The van der Waals surface area contributed by atoms with Crippen LogP contribution in [0.15, 0.2) is 41.0 Å². The van der Waals surface area contributed by atoms with Gasteiger partial charge in [0.25, 0.3) is 5.91 Å². The number of nitrogens with one attached hydrogen (secondary N) is 1. The number of rotatable bonds is 5. The number of hydrogen-bond donors (Lipinski definition) is 1. The Morgan fingerprint density at radius 3 is 2.46 bits per heavy atom.